The maximum absolute atomic E-state index is 14.2. The van der Waals surface area contributed by atoms with Crippen molar-refractivity contribution in [1.29, 1.82) is 0 Å². The highest BCUT2D eigenvalue weighted by atomic mass is 35.5. The number of ether oxygens (including phenoxy) is 1. The first-order valence-corrected chi connectivity index (χ1v) is 10.6. The summed E-state index contributed by atoms with van der Waals surface area (Å²) in [4.78, 5) is 15.5. The molecule has 0 aliphatic heterocycles. The lowest BCUT2D eigenvalue weighted by Gasteiger charge is -2.17. The van der Waals surface area contributed by atoms with Crippen LogP contribution in [0.15, 0.2) is 66.7 Å². The molecular weight excluding hydrogens is 488 g/mol. The molecule has 0 saturated heterocycles. The van der Waals surface area contributed by atoms with Gasteiger partial charge in [0.1, 0.15) is 24.0 Å². The minimum atomic E-state index is -4.62. The molecule has 4 aromatic rings. The Bertz CT molecular complexity index is 1420. The summed E-state index contributed by atoms with van der Waals surface area (Å²) >= 11 is 5.78. The van der Waals surface area contributed by atoms with E-state index in [2.05, 4.69) is 4.98 Å². The Balaban J connectivity index is 1.83. The lowest BCUT2D eigenvalue weighted by atomic mass is 10.1. The van der Waals surface area contributed by atoms with Crippen molar-refractivity contribution in [3.63, 3.8) is 0 Å². The topological polar surface area (TPSA) is 64.3 Å². The summed E-state index contributed by atoms with van der Waals surface area (Å²) in [7, 11) is 0. The molecule has 0 amide bonds. The number of alkyl halides is 3. The molecule has 0 spiro atoms. The van der Waals surface area contributed by atoms with E-state index < -0.39 is 23.5 Å². The molecule has 0 aliphatic carbocycles. The van der Waals surface area contributed by atoms with Gasteiger partial charge in [0.2, 0.25) is 0 Å². The highest BCUT2D eigenvalue weighted by Gasteiger charge is 2.32. The third-order valence-corrected chi connectivity index (χ3v) is 5.47. The molecule has 2 heterocycles. The van der Waals surface area contributed by atoms with Crippen molar-refractivity contribution in [2.75, 3.05) is 0 Å². The fraction of sp³-hybridized carbons (Fsp3) is 0.120. The lowest BCUT2D eigenvalue weighted by Crippen LogP contribution is -2.09. The molecule has 0 unspecified atom stereocenters. The summed E-state index contributed by atoms with van der Waals surface area (Å²) in [5, 5.41) is 9.49. The van der Waals surface area contributed by atoms with Gasteiger partial charge in [-0.25, -0.2) is 14.2 Å². The number of hydrogen-bond donors (Lipinski definition) is 1. The highest BCUT2D eigenvalue weighted by molar-refractivity contribution is 6.30. The van der Waals surface area contributed by atoms with Crippen molar-refractivity contribution < 1.29 is 32.2 Å². The molecule has 0 atom stereocenters. The number of carboxylic acids is 1. The molecule has 10 heteroatoms. The van der Waals surface area contributed by atoms with Crippen LogP contribution in [0.25, 0.3) is 17.1 Å². The first-order chi connectivity index (χ1) is 16.5. The number of halogens is 5. The standard InChI is InChI=1S/C25H17ClF4N2O3/c1-14-5-9-21(32(14)23-4-2-3-20(31-23)24(33)34)18-11-16(25(28,29)30)7-10-22(18)35-13-15-6-8-17(26)12-19(15)27/h2-12H,13H2,1H3,(H,33,34). The van der Waals surface area contributed by atoms with Gasteiger partial charge in [-0.1, -0.05) is 23.7 Å². The van der Waals surface area contributed by atoms with Gasteiger partial charge in [-0.3, -0.25) is 4.57 Å². The minimum Gasteiger partial charge on any atom is -0.488 e. The van der Waals surface area contributed by atoms with E-state index in [1.165, 1.54) is 34.9 Å². The van der Waals surface area contributed by atoms with Crippen LogP contribution in [0.1, 0.15) is 27.3 Å². The maximum atomic E-state index is 14.2. The second-order valence-electron chi connectivity index (χ2n) is 7.61. The summed E-state index contributed by atoms with van der Waals surface area (Å²) in [6.07, 6.45) is -4.62. The second kappa shape index (κ2) is 9.42. The van der Waals surface area contributed by atoms with Crippen molar-refractivity contribution in [3.8, 4) is 22.8 Å². The predicted octanol–water partition coefficient (Wildman–Crippen LogP) is 6.94. The fourth-order valence-corrected chi connectivity index (χ4v) is 3.71. The van der Waals surface area contributed by atoms with Crippen molar-refractivity contribution in [3.05, 3.63) is 100 Å². The van der Waals surface area contributed by atoms with Gasteiger partial charge in [-0.2, -0.15) is 13.2 Å². The monoisotopic (exact) mass is 504 g/mol. The number of carbonyl (C=O) groups is 1. The highest BCUT2D eigenvalue weighted by Crippen LogP contribution is 2.39. The number of nitrogens with zero attached hydrogens (tertiary/aromatic N) is 2. The summed E-state index contributed by atoms with van der Waals surface area (Å²) in [6, 6.07) is 14.6. The van der Waals surface area contributed by atoms with E-state index in [-0.39, 0.29) is 45.7 Å². The quantitative estimate of drug-likeness (QED) is 0.289. The first-order valence-electron chi connectivity index (χ1n) is 10.2. The molecule has 2 aromatic carbocycles. The van der Waals surface area contributed by atoms with Crippen molar-refractivity contribution in [1.82, 2.24) is 9.55 Å². The molecule has 2 aromatic heterocycles. The number of carboxylic acid groups (broad SMARTS) is 1. The molecule has 0 aliphatic rings. The number of aromatic nitrogens is 2. The smallest absolute Gasteiger partial charge is 0.416 e. The summed E-state index contributed by atoms with van der Waals surface area (Å²) < 4.78 is 62.1. The van der Waals surface area contributed by atoms with Gasteiger partial charge in [-0.15, -0.1) is 0 Å². The van der Waals surface area contributed by atoms with Gasteiger partial charge in [0.05, 0.1) is 11.3 Å². The van der Waals surface area contributed by atoms with Gasteiger partial charge < -0.3 is 9.84 Å². The van der Waals surface area contributed by atoms with E-state index >= 15 is 0 Å². The van der Waals surface area contributed by atoms with E-state index in [0.29, 0.717) is 5.69 Å². The van der Waals surface area contributed by atoms with Crippen LogP contribution in [0.2, 0.25) is 5.02 Å². The molecule has 180 valence electrons. The average Bonchev–Trinajstić information content (AvgIpc) is 3.19. The van der Waals surface area contributed by atoms with Crippen LogP contribution in [-0.2, 0) is 12.8 Å². The van der Waals surface area contributed by atoms with Crippen molar-refractivity contribution in [2.45, 2.75) is 19.7 Å². The third kappa shape index (κ3) is 5.14. The summed E-state index contributed by atoms with van der Waals surface area (Å²) in [5.74, 6) is -1.58. The minimum absolute atomic E-state index is 0.0705. The van der Waals surface area contributed by atoms with Crippen LogP contribution in [0.4, 0.5) is 17.6 Å². The first kappa shape index (κ1) is 24.3. The van der Waals surface area contributed by atoms with E-state index in [4.69, 9.17) is 16.3 Å². The van der Waals surface area contributed by atoms with Crippen LogP contribution < -0.4 is 4.74 Å². The van der Waals surface area contributed by atoms with Crippen LogP contribution in [0.3, 0.4) is 0 Å². The Hall–Kier alpha value is -3.85. The molecule has 0 saturated carbocycles. The lowest BCUT2D eigenvalue weighted by molar-refractivity contribution is -0.137. The van der Waals surface area contributed by atoms with E-state index in [1.807, 2.05) is 0 Å². The molecule has 1 N–H and O–H groups in total. The number of pyridine rings is 1. The molecule has 4 rings (SSSR count). The van der Waals surface area contributed by atoms with Gasteiger partial charge in [0.25, 0.3) is 0 Å². The number of hydrogen-bond acceptors (Lipinski definition) is 3. The zero-order valence-electron chi connectivity index (χ0n) is 18.1. The second-order valence-corrected chi connectivity index (χ2v) is 8.05. The summed E-state index contributed by atoms with van der Waals surface area (Å²) in [5.41, 5.74) is 0.000256. The maximum Gasteiger partial charge on any atom is 0.416 e. The number of benzene rings is 2. The number of aromatic carboxylic acids is 1. The van der Waals surface area contributed by atoms with Gasteiger partial charge >= 0.3 is 12.1 Å². The van der Waals surface area contributed by atoms with E-state index in [9.17, 15) is 27.5 Å². The van der Waals surface area contributed by atoms with Crippen LogP contribution in [0, 0.1) is 12.7 Å². The molecular formula is C25H17ClF4N2O3. The third-order valence-electron chi connectivity index (χ3n) is 5.24. The van der Waals surface area contributed by atoms with Gasteiger partial charge in [-0.05, 0) is 61.5 Å². The number of aryl methyl sites for hydroxylation is 1. The van der Waals surface area contributed by atoms with Crippen molar-refractivity contribution >= 4 is 17.6 Å². The Kier molecular flexibility index (Phi) is 6.53. The van der Waals surface area contributed by atoms with Crippen LogP contribution in [0.5, 0.6) is 5.75 Å². The molecule has 35 heavy (non-hydrogen) atoms. The van der Waals surface area contributed by atoms with Gasteiger partial charge in [0, 0.05) is 21.8 Å². The fourth-order valence-electron chi connectivity index (χ4n) is 3.55. The van der Waals surface area contributed by atoms with Gasteiger partial charge in [0.15, 0.2) is 5.69 Å². The van der Waals surface area contributed by atoms with E-state index in [0.717, 1.165) is 18.2 Å². The Morgan fingerprint density at radius 2 is 1.86 bits per heavy atom. The summed E-state index contributed by atoms with van der Waals surface area (Å²) in [6.45, 7) is 1.45. The predicted molar refractivity (Wildman–Crippen MR) is 121 cm³/mol. The van der Waals surface area contributed by atoms with E-state index in [1.54, 1.807) is 25.1 Å². The largest absolute Gasteiger partial charge is 0.488 e. The van der Waals surface area contributed by atoms with Crippen LogP contribution in [-0.4, -0.2) is 20.6 Å². The average molecular weight is 505 g/mol. The Labute approximate surface area is 202 Å². The zero-order valence-corrected chi connectivity index (χ0v) is 18.9. The van der Waals surface area contributed by atoms with Crippen molar-refractivity contribution in [2.24, 2.45) is 0 Å². The zero-order chi connectivity index (χ0) is 25.3. The number of rotatable bonds is 6. The molecule has 0 bridgehead atoms. The Morgan fingerprint density at radius 1 is 1.09 bits per heavy atom. The molecule has 0 radical (unpaired) electrons. The Morgan fingerprint density at radius 3 is 2.54 bits per heavy atom. The van der Waals surface area contributed by atoms with Crippen LogP contribution >= 0.6 is 11.6 Å². The SMILES string of the molecule is Cc1ccc(-c2cc(C(F)(F)F)ccc2OCc2ccc(Cl)cc2F)n1-c1cccc(C(=O)O)n1. The molecule has 0 fully saturated rings. The molecule has 5 nitrogen and oxygen atoms in total. The normalized spacial score (nSPS) is 11.5.